The number of hydrogen-bond donors (Lipinski definition) is 1. The molecule has 3 aromatic rings. The van der Waals surface area contributed by atoms with E-state index in [2.05, 4.69) is 4.98 Å². The summed E-state index contributed by atoms with van der Waals surface area (Å²) in [6.45, 7) is 1.97. The number of aromatic amines is 1. The molecule has 0 atom stereocenters. The van der Waals surface area contributed by atoms with Gasteiger partial charge in [-0.3, -0.25) is 10.1 Å². The number of carbonyl (C=O) groups excluding carboxylic acids is 1. The molecule has 0 saturated carbocycles. The van der Waals surface area contributed by atoms with Gasteiger partial charge in [0.05, 0.1) is 23.3 Å². The molecular weight excluding hydrogens is 296 g/mol. The van der Waals surface area contributed by atoms with Crippen LogP contribution in [0.4, 0.5) is 5.69 Å². The zero-order valence-electron chi connectivity index (χ0n) is 12.6. The Hall–Kier alpha value is -3.15. The lowest BCUT2D eigenvalue weighted by Gasteiger charge is -2.04. The van der Waals surface area contributed by atoms with Gasteiger partial charge in [0.15, 0.2) is 0 Å². The van der Waals surface area contributed by atoms with Crippen LogP contribution in [0.25, 0.3) is 22.2 Å². The van der Waals surface area contributed by atoms with Crippen molar-refractivity contribution in [2.24, 2.45) is 0 Å². The van der Waals surface area contributed by atoms with E-state index in [1.165, 1.54) is 19.2 Å². The van der Waals surface area contributed by atoms with Crippen molar-refractivity contribution in [2.45, 2.75) is 6.92 Å². The summed E-state index contributed by atoms with van der Waals surface area (Å²) in [6.07, 6.45) is 0. The summed E-state index contributed by atoms with van der Waals surface area (Å²) in [7, 11) is 1.29. The second-order valence-electron chi connectivity index (χ2n) is 5.22. The SMILES string of the molecule is COC(=O)c1c(-c2ccc(C)cc2)[nH]c2ccc([N+](=O)[O-])cc12. The number of non-ortho nitro benzene ring substituents is 1. The van der Waals surface area contributed by atoms with Crippen LogP contribution in [0.5, 0.6) is 0 Å². The van der Waals surface area contributed by atoms with E-state index in [4.69, 9.17) is 4.74 Å². The number of fused-ring (bicyclic) bond motifs is 1. The molecule has 2 aromatic carbocycles. The first kappa shape index (κ1) is 14.8. The highest BCUT2D eigenvalue weighted by molar-refractivity contribution is 6.10. The lowest BCUT2D eigenvalue weighted by Crippen LogP contribution is -2.02. The number of nitro benzene ring substituents is 1. The normalized spacial score (nSPS) is 10.7. The maximum absolute atomic E-state index is 12.2. The van der Waals surface area contributed by atoms with Crippen molar-refractivity contribution in [3.63, 3.8) is 0 Å². The molecule has 1 heterocycles. The number of aromatic nitrogens is 1. The van der Waals surface area contributed by atoms with Crippen LogP contribution in [0.1, 0.15) is 15.9 Å². The van der Waals surface area contributed by atoms with Gasteiger partial charge in [-0.25, -0.2) is 4.79 Å². The van der Waals surface area contributed by atoms with Gasteiger partial charge in [-0.1, -0.05) is 29.8 Å². The van der Waals surface area contributed by atoms with Crippen LogP contribution in [0.3, 0.4) is 0 Å². The highest BCUT2D eigenvalue weighted by Gasteiger charge is 2.22. The fourth-order valence-corrected chi connectivity index (χ4v) is 2.54. The molecule has 1 aromatic heterocycles. The van der Waals surface area contributed by atoms with E-state index in [9.17, 15) is 14.9 Å². The zero-order chi connectivity index (χ0) is 16.6. The highest BCUT2D eigenvalue weighted by atomic mass is 16.6. The van der Waals surface area contributed by atoms with E-state index in [1.54, 1.807) is 6.07 Å². The Morgan fingerprint density at radius 2 is 1.87 bits per heavy atom. The van der Waals surface area contributed by atoms with Crippen molar-refractivity contribution in [3.05, 3.63) is 63.7 Å². The average molecular weight is 310 g/mol. The summed E-state index contributed by atoms with van der Waals surface area (Å²) in [5.74, 6) is -0.535. The summed E-state index contributed by atoms with van der Waals surface area (Å²) in [5, 5.41) is 11.5. The largest absolute Gasteiger partial charge is 0.465 e. The van der Waals surface area contributed by atoms with Crippen LogP contribution in [0.2, 0.25) is 0 Å². The third-order valence-electron chi connectivity index (χ3n) is 3.72. The van der Waals surface area contributed by atoms with Crippen molar-refractivity contribution in [1.29, 1.82) is 0 Å². The smallest absolute Gasteiger partial charge is 0.340 e. The average Bonchev–Trinajstić information content (AvgIpc) is 2.93. The lowest BCUT2D eigenvalue weighted by molar-refractivity contribution is -0.384. The van der Waals surface area contributed by atoms with Gasteiger partial charge in [0.2, 0.25) is 0 Å². The number of nitrogens with zero attached hydrogens (tertiary/aromatic N) is 1. The van der Waals surface area contributed by atoms with Gasteiger partial charge < -0.3 is 9.72 Å². The molecular formula is C17H14N2O4. The Kier molecular flexibility index (Phi) is 3.57. The molecule has 0 unspecified atom stereocenters. The number of hydrogen-bond acceptors (Lipinski definition) is 4. The predicted molar refractivity (Wildman–Crippen MR) is 86.5 cm³/mol. The fraction of sp³-hybridized carbons (Fsp3) is 0.118. The minimum atomic E-state index is -0.535. The Bertz CT molecular complexity index is 910. The fourth-order valence-electron chi connectivity index (χ4n) is 2.54. The van der Waals surface area contributed by atoms with Gasteiger partial charge >= 0.3 is 5.97 Å². The molecule has 0 bridgehead atoms. The molecule has 0 aliphatic heterocycles. The first-order chi connectivity index (χ1) is 11.0. The summed E-state index contributed by atoms with van der Waals surface area (Å²) < 4.78 is 4.86. The maximum Gasteiger partial charge on any atom is 0.340 e. The van der Waals surface area contributed by atoms with Crippen LogP contribution in [0.15, 0.2) is 42.5 Å². The van der Waals surface area contributed by atoms with E-state index in [1.807, 2.05) is 31.2 Å². The van der Waals surface area contributed by atoms with Gasteiger partial charge in [0.25, 0.3) is 5.69 Å². The molecule has 0 fully saturated rings. The Labute approximate surface area is 131 Å². The number of methoxy groups -OCH3 is 1. The monoisotopic (exact) mass is 310 g/mol. The third-order valence-corrected chi connectivity index (χ3v) is 3.72. The van der Waals surface area contributed by atoms with Crippen LogP contribution in [0, 0.1) is 17.0 Å². The third kappa shape index (κ3) is 2.55. The number of benzene rings is 2. The van der Waals surface area contributed by atoms with Crippen LogP contribution < -0.4 is 0 Å². The number of ether oxygens (including phenoxy) is 1. The van der Waals surface area contributed by atoms with Gasteiger partial charge in [-0.15, -0.1) is 0 Å². The van der Waals surface area contributed by atoms with E-state index < -0.39 is 10.9 Å². The number of carbonyl (C=O) groups is 1. The molecule has 116 valence electrons. The Balaban J connectivity index is 2.30. The predicted octanol–water partition coefficient (Wildman–Crippen LogP) is 3.84. The number of esters is 1. The van der Waals surface area contributed by atoms with Crippen LogP contribution in [-0.4, -0.2) is 23.0 Å². The minimum absolute atomic E-state index is 0.0721. The maximum atomic E-state index is 12.2. The summed E-state index contributed by atoms with van der Waals surface area (Å²) in [6, 6.07) is 12.0. The van der Waals surface area contributed by atoms with Gasteiger partial charge in [0.1, 0.15) is 0 Å². The molecule has 3 rings (SSSR count). The highest BCUT2D eigenvalue weighted by Crippen LogP contribution is 2.33. The Morgan fingerprint density at radius 1 is 1.17 bits per heavy atom. The van der Waals surface area contributed by atoms with Gasteiger partial charge in [-0.05, 0) is 18.6 Å². The summed E-state index contributed by atoms with van der Waals surface area (Å²) in [5.41, 5.74) is 3.38. The molecule has 0 saturated heterocycles. The molecule has 0 amide bonds. The standard InChI is InChI=1S/C17H14N2O4/c1-10-3-5-11(6-4-10)16-15(17(20)23-2)13-9-12(19(21)22)7-8-14(13)18-16/h3-9,18H,1-2H3. The molecule has 0 spiro atoms. The summed E-state index contributed by atoms with van der Waals surface area (Å²) in [4.78, 5) is 25.9. The Morgan fingerprint density at radius 3 is 2.48 bits per heavy atom. The zero-order valence-corrected chi connectivity index (χ0v) is 12.6. The van der Waals surface area contributed by atoms with E-state index in [-0.39, 0.29) is 5.69 Å². The number of nitrogens with one attached hydrogen (secondary N) is 1. The minimum Gasteiger partial charge on any atom is -0.465 e. The van der Waals surface area contributed by atoms with Crippen molar-refractivity contribution >= 4 is 22.6 Å². The molecule has 0 aliphatic carbocycles. The number of rotatable bonds is 3. The first-order valence-corrected chi connectivity index (χ1v) is 6.96. The van der Waals surface area contributed by atoms with Crippen molar-refractivity contribution in [2.75, 3.05) is 7.11 Å². The van der Waals surface area contributed by atoms with E-state index in [0.717, 1.165) is 11.1 Å². The number of aryl methyl sites for hydroxylation is 1. The topological polar surface area (TPSA) is 85.2 Å². The van der Waals surface area contributed by atoms with E-state index >= 15 is 0 Å². The van der Waals surface area contributed by atoms with Crippen molar-refractivity contribution in [1.82, 2.24) is 4.98 Å². The van der Waals surface area contributed by atoms with Gasteiger partial charge in [0, 0.05) is 23.0 Å². The van der Waals surface area contributed by atoms with Crippen LogP contribution >= 0.6 is 0 Å². The number of H-pyrrole nitrogens is 1. The molecule has 23 heavy (non-hydrogen) atoms. The number of nitro groups is 1. The molecule has 6 nitrogen and oxygen atoms in total. The second-order valence-corrected chi connectivity index (χ2v) is 5.22. The molecule has 0 radical (unpaired) electrons. The van der Waals surface area contributed by atoms with Gasteiger partial charge in [-0.2, -0.15) is 0 Å². The molecule has 1 N–H and O–H groups in total. The molecule has 0 aliphatic rings. The first-order valence-electron chi connectivity index (χ1n) is 6.96. The van der Waals surface area contributed by atoms with E-state index in [0.29, 0.717) is 22.2 Å². The lowest BCUT2D eigenvalue weighted by atomic mass is 10.0. The molecule has 6 heteroatoms. The van der Waals surface area contributed by atoms with Crippen molar-refractivity contribution < 1.29 is 14.5 Å². The summed E-state index contributed by atoms with van der Waals surface area (Å²) >= 11 is 0. The quantitative estimate of drug-likeness (QED) is 0.452. The second kappa shape index (κ2) is 5.57. The van der Waals surface area contributed by atoms with Crippen LogP contribution in [-0.2, 0) is 4.74 Å². The van der Waals surface area contributed by atoms with Crippen molar-refractivity contribution in [3.8, 4) is 11.3 Å².